The van der Waals surface area contributed by atoms with E-state index >= 15 is 0 Å². The number of carbonyl (C=O) groups excluding carboxylic acids is 3. The first kappa shape index (κ1) is 25.9. The second kappa shape index (κ2) is 10.2. The summed E-state index contributed by atoms with van der Waals surface area (Å²) >= 11 is 0. The summed E-state index contributed by atoms with van der Waals surface area (Å²) in [5.74, 6) is -3.40. The van der Waals surface area contributed by atoms with Gasteiger partial charge in [0.25, 0.3) is 0 Å². The average molecular weight is 477 g/mol. The lowest BCUT2D eigenvalue weighted by Crippen LogP contribution is -2.48. The molecule has 186 valence electrons. The van der Waals surface area contributed by atoms with Crippen molar-refractivity contribution >= 4 is 17.9 Å². The van der Waals surface area contributed by atoms with Gasteiger partial charge < -0.3 is 29.5 Å². The molecule has 0 unspecified atom stereocenters. The van der Waals surface area contributed by atoms with Gasteiger partial charge in [0.15, 0.2) is 5.60 Å². The summed E-state index contributed by atoms with van der Waals surface area (Å²) in [6.45, 7) is 7.92. The number of esters is 3. The molecule has 9 heteroatoms. The van der Waals surface area contributed by atoms with Crippen molar-refractivity contribution in [3.8, 4) is 0 Å². The molecule has 34 heavy (non-hydrogen) atoms. The van der Waals surface area contributed by atoms with Crippen molar-refractivity contribution in [3.63, 3.8) is 0 Å². The molecule has 2 bridgehead atoms. The molecule has 0 spiro atoms. The van der Waals surface area contributed by atoms with Crippen LogP contribution in [0.4, 0.5) is 0 Å². The van der Waals surface area contributed by atoms with Gasteiger partial charge in [0.2, 0.25) is 0 Å². The standard InChI is InChI=1S/C25H32O9/c1-13(2)25(31)11-16-5-6-18(34-24(25)30)14(3)9-19-21(15(4)22(28)32-19)20(10-16)33-23(29)17(12-27)7-8-26/h5,7,9,13,18-21,26-27,31H,4,6,8,10-12H2,1-3H3/b14-9-,16-5?,17-7+/t18-,19+,20+,21-,25+/m0/s1. The monoisotopic (exact) mass is 476 g/mol. The second-order valence-electron chi connectivity index (χ2n) is 9.30. The first-order chi connectivity index (χ1) is 16.0. The van der Waals surface area contributed by atoms with E-state index in [0.29, 0.717) is 17.6 Å². The van der Waals surface area contributed by atoms with Crippen LogP contribution in [0.3, 0.4) is 0 Å². The van der Waals surface area contributed by atoms with Crippen molar-refractivity contribution in [1.29, 1.82) is 0 Å². The molecule has 0 aromatic carbocycles. The van der Waals surface area contributed by atoms with E-state index in [-0.39, 0.29) is 24.0 Å². The van der Waals surface area contributed by atoms with E-state index in [9.17, 15) is 24.6 Å². The van der Waals surface area contributed by atoms with Gasteiger partial charge >= 0.3 is 17.9 Å². The van der Waals surface area contributed by atoms with Gasteiger partial charge in [-0.3, -0.25) is 0 Å². The quantitative estimate of drug-likeness (QED) is 0.232. The van der Waals surface area contributed by atoms with Gasteiger partial charge in [0, 0.05) is 24.8 Å². The topological polar surface area (TPSA) is 140 Å². The van der Waals surface area contributed by atoms with E-state index < -0.39 is 66.9 Å². The van der Waals surface area contributed by atoms with Crippen molar-refractivity contribution in [3.05, 3.63) is 47.1 Å². The highest BCUT2D eigenvalue weighted by molar-refractivity contribution is 5.92. The molecule has 3 N–H and O–H groups in total. The molecule has 0 aromatic rings. The Labute approximate surface area is 198 Å². The van der Waals surface area contributed by atoms with Crippen LogP contribution >= 0.6 is 0 Å². The molecule has 1 aliphatic carbocycles. The van der Waals surface area contributed by atoms with E-state index in [0.717, 1.165) is 6.08 Å². The van der Waals surface area contributed by atoms with Gasteiger partial charge in [-0.25, -0.2) is 14.4 Å². The lowest BCUT2D eigenvalue weighted by Gasteiger charge is -2.37. The number of aliphatic hydroxyl groups excluding tert-OH is 2. The molecule has 3 rings (SSSR count). The normalized spacial score (nSPS) is 33.7. The van der Waals surface area contributed by atoms with Crippen LogP contribution in [0.2, 0.25) is 0 Å². The molecule has 2 aliphatic heterocycles. The number of hydrogen-bond acceptors (Lipinski definition) is 9. The molecule has 3 aliphatic rings. The molecule has 9 nitrogen and oxygen atoms in total. The Morgan fingerprint density at radius 3 is 2.65 bits per heavy atom. The van der Waals surface area contributed by atoms with Crippen LogP contribution in [-0.2, 0) is 28.6 Å². The molecule has 1 saturated heterocycles. The first-order valence-corrected chi connectivity index (χ1v) is 11.3. The maximum absolute atomic E-state index is 12.9. The summed E-state index contributed by atoms with van der Waals surface area (Å²) in [6, 6.07) is 0. The summed E-state index contributed by atoms with van der Waals surface area (Å²) in [4.78, 5) is 38.1. The highest BCUT2D eigenvalue weighted by Crippen LogP contribution is 2.40. The van der Waals surface area contributed by atoms with Crippen LogP contribution in [0.25, 0.3) is 0 Å². The van der Waals surface area contributed by atoms with Crippen LogP contribution in [0, 0.1) is 11.8 Å². The number of carbonyl (C=O) groups is 3. The first-order valence-electron chi connectivity index (χ1n) is 11.3. The molecular formula is C25H32O9. The third-order valence-corrected chi connectivity index (χ3v) is 6.76. The minimum Gasteiger partial charge on any atom is -0.458 e. The van der Waals surface area contributed by atoms with Gasteiger partial charge in [-0.1, -0.05) is 32.1 Å². The maximum atomic E-state index is 12.9. The second-order valence-corrected chi connectivity index (χ2v) is 9.30. The fourth-order valence-corrected chi connectivity index (χ4v) is 4.50. The third kappa shape index (κ3) is 5.01. The zero-order valence-corrected chi connectivity index (χ0v) is 19.7. The fraction of sp³-hybridized carbons (Fsp3) is 0.560. The lowest BCUT2D eigenvalue weighted by molar-refractivity contribution is -0.175. The Hall–Kier alpha value is -2.75. The van der Waals surface area contributed by atoms with E-state index in [1.807, 2.05) is 6.08 Å². The van der Waals surface area contributed by atoms with E-state index in [2.05, 4.69) is 6.58 Å². The zero-order valence-electron chi connectivity index (χ0n) is 19.7. The van der Waals surface area contributed by atoms with Crippen LogP contribution in [-0.4, -0.2) is 70.4 Å². The fourth-order valence-electron chi connectivity index (χ4n) is 4.50. The number of fused-ring (bicyclic) bond motifs is 3. The zero-order chi connectivity index (χ0) is 25.2. The van der Waals surface area contributed by atoms with Crippen molar-refractivity contribution in [2.75, 3.05) is 13.2 Å². The van der Waals surface area contributed by atoms with Gasteiger partial charge in [0.1, 0.15) is 18.3 Å². The average Bonchev–Trinajstić information content (AvgIpc) is 3.04. The van der Waals surface area contributed by atoms with Crippen molar-refractivity contribution < 1.29 is 43.9 Å². The Balaban J connectivity index is 2.09. The molecule has 5 atom stereocenters. The predicted octanol–water partition coefficient (Wildman–Crippen LogP) is 1.28. The van der Waals surface area contributed by atoms with Crippen LogP contribution in [0.5, 0.6) is 0 Å². The molecule has 0 saturated carbocycles. The van der Waals surface area contributed by atoms with E-state index in [4.69, 9.17) is 19.3 Å². The minimum absolute atomic E-state index is 0.0367. The molecule has 2 heterocycles. The SMILES string of the molecule is C=C1C(=O)O[C@@H]2/C=C(/C)[C@@H]3CC=C(C[C@@H](OC(=O)/C(=C/CO)CO)[C@@H]12)C[C@@](O)(C(C)C)C(=O)O3. The highest BCUT2D eigenvalue weighted by atomic mass is 16.6. The number of ether oxygens (including phenoxy) is 3. The highest BCUT2D eigenvalue weighted by Gasteiger charge is 2.48. The van der Waals surface area contributed by atoms with Gasteiger partial charge in [0.05, 0.1) is 24.7 Å². The lowest BCUT2D eigenvalue weighted by atomic mass is 9.78. The van der Waals surface area contributed by atoms with Gasteiger partial charge in [-0.15, -0.1) is 0 Å². The molecular weight excluding hydrogens is 444 g/mol. The Morgan fingerprint density at radius 2 is 2.03 bits per heavy atom. The molecule has 0 amide bonds. The van der Waals surface area contributed by atoms with Crippen LogP contribution in [0.15, 0.2) is 47.1 Å². The number of rotatable bonds is 5. The molecule has 1 fully saturated rings. The van der Waals surface area contributed by atoms with Crippen molar-refractivity contribution in [1.82, 2.24) is 0 Å². The smallest absolute Gasteiger partial charge is 0.339 e. The summed E-state index contributed by atoms with van der Waals surface area (Å²) < 4.78 is 16.9. The Kier molecular flexibility index (Phi) is 7.80. The van der Waals surface area contributed by atoms with Gasteiger partial charge in [-0.05, 0) is 30.6 Å². The maximum Gasteiger partial charge on any atom is 0.339 e. The largest absolute Gasteiger partial charge is 0.458 e. The van der Waals surface area contributed by atoms with Crippen molar-refractivity contribution in [2.24, 2.45) is 11.8 Å². The number of aliphatic hydroxyl groups is 3. The molecule has 0 radical (unpaired) electrons. The molecule has 0 aromatic heterocycles. The predicted molar refractivity (Wildman–Crippen MR) is 120 cm³/mol. The van der Waals surface area contributed by atoms with Gasteiger partial charge in [-0.2, -0.15) is 0 Å². The summed E-state index contributed by atoms with van der Waals surface area (Å²) in [5, 5.41) is 29.9. The third-order valence-electron chi connectivity index (χ3n) is 6.76. The Morgan fingerprint density at radius 1 is 1.32 bits per heavy atom. The van der Waals surface area contributed by atoms with Crippen molar-refractivity contribution in [2.45, 2.75) is 63.9 Å². The summed E-state index contributed by atoms with van der Waals surface area (Å²) in [7, 11) is 0. The summed E-state index contributed by atoms with van der Waals surface area (Å²) in [5.41, 5.74) is -0.504. The summed E-state index contributed by atoms with van der Waals surface area (Å²) in [6.07, 6.45) is 2.66. The van der Waals surface area contributed by atoms with E-state index in [1.165, 1.54) is 0 Å². The van der Waals surface area contributed by atoms with Crippen LogP contribution in [0.1, 0.15) is 40.0 Å². The van der Waals surface area contributed by atoms with Crippen LogP contribution < -0.4 is 0 Å². The van der Waals surface area contributed by atoms with E-state index in [1.54, 1.807) is 26.8 Å². The number of hydrogen-bond donors (Lipinski definition) is 3. The minimum atomic E-state index is -1.79. The Bertz CT molecular complexity index is 957.